The van der Waals surface area contributed by atoms with E-state index in [0.717, 1.165) is 31.4 Å². The molecule has 7 nitrogen and oxygen atoms in total. The smallest absolute Gasteiger partial charge is 0.250 e. The molecule has 1 aromatic rings. The number of nitrogens with one attached hydrogen (secondary N) is 1. The molecule has 0 bridgehead atoms. The average Bonchev–Trinajstić information content (AvgIpc) is 3.47. The Kier molecular flexibility index (Phi) is 4.57. The van der Waals surface area contributed by atoms with Gasteiger partial charge in [-0.1, -0.05) is 25.0 Å². The van der Waals surface area contributed by atoms with Crippen molar-refractivity contribution in [2.75, 3.05) is 42.9 Å². The maximum absolute atomic E-state index is 13.5. The van der Waals surface area contributed by atoms with Crippen LogP contribution in [-0.2, 0) is 14.4 Å². The minimum absolute atomic E-state index is 0.0174. The lowest BCUT2D eigenvalue weighted by atomic mass is 9.89. The SMILES string of the molecule is O=C(C1CC1)N1CCN(CC(=O)N2c3ccccc3NC(=O)C23CCCC3)CC1. The zero-order chi connectivity index (χ0) is 20.0. The van der Waals surface area contributed by atoms with Crippen LogP contribution in [0.5, 0.6) is 0 Å². The van der Waals surface area contributed by atoms with Crippen molar-refractivity contribution >= 4 is 29.1 Å². The van der Waals surface area contributed by atoms with Crippen LogP contribution in [0.2, 0.25) is 0 Å². The molecule has 2 aliphatic heterocycles. The predicted molar refractivity (Wildman–Crippen MR) is 110 cm³/mol. The van der Waals surface area contributed by atoms with Crippen molar-refractivity contribution in [2.24, 2.45) is 5.92 Å². The molecular formula is C22H28N4O3. The third-order valence-corrected chi connectivity index (χ3v) is 6.89. The predicted octanol–water partition coefficient (Wildman–Crippen LogP) is 1.84. The summed E-state index contributed by atoms with van der Waals surface area (Å²) in [6, 6.07) is 7.59. The molecule has 4 aliphatic rings. The second-order valence-corrected chi connectivity index (χ2v) is 8.81. The molecule has 1 spiro atoms. The van der Waals surface area contributed by atoms with Crippen LogP contribution in [-0.4, -0.2) is 65.8 Å². The lowest BCUT2D eigenvalue weighted by Crippen LogP contribution is -2.62. The first kappa shape index (κ1) is 18.6. The summed E-state index contributed by atoms with van der Waals surface area (Å²) in [7, 11) is 0. The summed E-state index contributed by atoms with van der Waals surface area (Å²) >= 11 is 0. The Hall–Kier alpha value is -2.41. The molecule has 0 atom stereocenters. The highest BCUT2D eigenvalue weighted by molar-refractivity contribution is 6.15. The second kappa shape index (κ2) is 7.13. The number of fused-ring (bicyclic) bond motifs is 1. The van der Waals surface area contributed by atoms with Gasteiger partial charge < -0.3 is 10.2 Å². The molecule has 0 unspecified atom stereocenters. The monoisotopic (exact) mass is 396 g/mol. The number of nitrogens with zero attached hydrogens (tertiary/aromatic N) is 3. The molecule has 3 amide bonds. The zero-order valence-corrected chi connectivity index (χ0v) is 16.7. The summed E-state index contributed by atoms with van der Waals surface area (Å²) < 4.78 is 0. The quantitative estimate of drug-likeness (QED) is 0.846. The van der Waals surface area contributed by atoms with E-state index in [1.165, 1.54) is 0 Å². The van der Waals surface area contributed by atoms with Gasteiger partial charge in [0.25, 0.3) is 5.91 Å². The molecule has 1 saturated heterocycles. The fourth-order valence-electron chi connectivity index (χ4n) is 5.11. The van der Waals surface area contributed by atoms with Crippen LogP contribution in [0, 0.1) is 5.92 Å². The van der Waals surface area contributed by atoms with Gasteiger partial charge in [0.05, 0.1) is 17.9 Å². The highest BCUT2D eigenvalue weighted by atomic mass is 16.2. The average molecular weight is 396 g/mol. The first-order valence-corrected chi connectivity index (χ1v) is 10.8. The van der Waals surface area contributed by atoms with E-state index in [1.54, 1.807) is 4.90 Å². The van der Waals surface area contributed by atoms with Gasteiger partial charge in [-0.3, -0.25) is 24.2 Å². The summed E-state index contributed by atoms with van der Waals surface area (Å²) in [5.74, 6) is 0.453. The van der Waals surface area contributed by atoms with Crippen molar-refractivity contribution in [2.45, 2.75) is 44.1 Å². The number of para-hydroxylation sites is 2. The van der Waals surface area contributed by atoms with Crippen LogP contribution < -0.4 is 10.2 Å². The summed E-state index contributed by atoms with van der Waals surface area (Å²) in [5, 5.41) is 3.03. The van der Waals surface area contributed by atoms with Gasteiger partial charge in [0.1, 0.15) is 5.54 Å². The molecule has 3 fully saturated rings. The zero-order valence-electron chi connectivity index (χ0n) is 16.7. The van der Waals surface area contributed by atoms with E-state index in [0.29, 0.717) is 44.7 Å². The minimum Gasteiger partial charge on any atom is -0.340 e. The minimum atomic E-state index is -0.755. The van der Waals surface area contributed by atoms with Gasteiger partial charge >= 0.3 is 0 Å². The van der Waals surface area contributed by atoms with E-state index in [1.807, 2.05) is 29.2 Å². The number of hydrogen-bond acceptors (Lipinski definition) is 4. The molecule has 7 heteroatoms. The molecule has 154 valence electrons. The van der Waals surface area contributed by atoms with E-state index < -0.39 is 5.54 Å². The molecule has 2 heterocycles. The summed E-state index contributed by atoms with van der Waals surface area (Å²) in [5.41, 5.74) is 0.764. The van der Waals surface area contributed by atoms with Crippen LogP contribution in [0.15, 0.2) is 24.3 Å². The number of carbonyl (C=O) groups is 3. The second-order valence-electron chi connectivity index (χ2n) is 8.81. The molecule has 0 aromatic heterocycles. The van der Waals surface area contributed by atoms with Gasteiger partial charge in [0, 0.05) is 32.1 Å². The highest BCUT2D eigenvalue weighted by Gasteiger charge is 2.52. The molecule has 1 aromatic carbocycles. The maximum Gasteiger partial charge on any atom is 0.250 e. The molecule has 0 radical (unpaired) electrons. The van der Waals surface area contributed by atoms with Crippen LogP contribution in [0.4, 0.5) is 11.4 Å². The van der Waals surface area contributed by atoms with Crippen molar-refractivity contribution < 1.29 is 14.4 Å². The largest absolute Gasteiger partial charge is 0.340 e. The number of piperazine rings is 1. The fourth-order valence-corrected chi connectivity index (χ4v) is 5.11. The summed E-state index contributed by atoms with van der Waals surface area (Å²) in [6.45, 7) is 3.07. The van der Waals surface area contributed by atoms with Crippen LogP contribution >= 0.6 is 0 Å². The standard InChI is InChI=1S/C22H28N4O3/c27-19(15-24-11-13-25(14-12-24)20(28)16-7-8-16)26-18-6-2-1-5-17(18)23-21(29)22(26)9-3-4-10-22/h1-2,5-6,16H,3-4,7-15H2,(H,23,29). The number of benzene rings is 1. The number of rotatable bonds is 3. The first-order chi connectivity index (χ1) is 14.1. The van der Waals surface area contributed by atoms with E-state index in [-0.39, 0.29) is 30.2 Å². The molecule has 2 aliphatic carbocycles. The summed E-state index contributed by atoms with van der Waals surface area (Å²) in [4.78, 5) is 44.6. The van der Waals surface area contributed by atoms with Crippen molar-refractivity contribution in [3.05, 3.63) is 24.3 Å². The lowest BCUT2D eigenvalue weighted by Gasteiger charge is -2.45. The van der Waals surface area contributed by atoms with Gasteiger partial charge in [-0.25, -0.2) is 0 Å². The summed E-state index contributed by atoms with van der Waals surface area (Å²) in [6.07, 6.45) is 5.39. The van der Waals surface area contributed by atoms with Gasteiger partial charge in [-0.15, -0.1) is 0 Å². The number of hydrogen-bond donors (Lipinski definition) is 1. The Balaban J connectivity index is 1.32. The van der Waals surface area contributed by atoms with Gasteiger partial charge in [0.2, 0.25) is 11.8 Å². The Morgan fingerprint density at radius 3 is 2.41 bits per heavy atom. The Bertz CT molecular complexity index is 836. The fraction of sp³-hybridized carbons (Fsp3) is 0.591. The highest BCUT2D eigenvalue weighted by Crippen LogP contribution is 2.45. The van der Waals surface area contributed by atoms with Crippen molar-refractivity contribution in [1.29, 1.82) is 0 Å². The third kappa shape index (κ3) is 3.21. The van der Waals surface area contributed by atoms with E-state index in [4.69, 9.17) is 0 Å². The Morgan fingerprint density at radius 1 is 1.03 bits per heavy atom. The Morgan fingerprint density at radius 2 is 1.72 bits per heavy atom. The van der Waals surface area contributed by atoms with Gasteiger partial charge in [-0.2, -0.15) is 0 Å². The normalized spacial score (nSPS) is 23.8. The van der Waals surface area contributed by atoms with Crippen LogP contribution in [0.1, 0.15) is 38.5 Å². The van der Waals surface area contributed by atoms with Crippen LogP contribution in [0.3, 0.4) is 0 Å². The van der Waals surface area contributed by atoms with Crippen LogP contribution in [0.25, 0.3) is 0 Å². The first-order valence-electron chi connectivity index (χ1n) is 10.8. The maximum atomic E-state index is 13.5. The number of anilines is 2. The molecule has 2 saturated carbocycles. The third-order valence-electron chi connectivity index (χ3n) is 6.89. The van der Waals surface area contributed by atoms with Gasteiger partial charge in [0.15, 0.2) is 0 Å². The van der Waals surface area contributed by atoms with E-state index >= 15 is 0 Å². The molecular weight excluding hydrogens is 368 g/mol. The topological polar surface area (TPSA) is 73.0 Å². The van der Waals surface area contributed by atoms with E-state index in [9.17, 15) is 14.4 Å². The number of amides is 3. The Labute approximate surface area is 171 Å². The van der Waals surface area contributed by atoms with E-state index in [2.05, 4.69) is 10.2 Å². The van der Waals surface area contributed by atoms with Crippen molar-refractivity contribution in [3.63, 3.8) is 0 Å². The molecule has 5 rings (SSSR count). The molecule has 1 N–H and O–H groups in total. The lowest BCUT2D eigenvalue weighted by molar-refractivity contribution is -0.134. The van der Waals surface area contributed by atoms with Crippen molar-refractivity contribution in [1.82, 2.24) is 9.80 Å². The van der Waals surface area contributed by atoms with Crippen molar-refractivity contribution in [3.8, 4) is 0 Å². The number of carbonyl (C=O) groups excluding carboxylic acids is 3. The molecule has 29 heavy (non-hydrogen) atoms. The van der Waals surface area contributed by atoms with Gasteiger partial charge in [-0.05, 0) is 37.8 Å².